The number of nitrogens with zero attached hydrogens (tertiary/aromatic N) is 1. The van der Waals surface area contributed by atoms with E-state index in [1.807, 2.05) is 23.1 Å². The highest BCUT2D eigenvalue weighted by molar-refractivity contribution is 6.32. The molecule has 208 valence electrons. The number of allylic oxidation sites excluding steroid dienone is 1. The van der Waals surface area contributed by atoms with Gasteiger partial charge in [0.25, 0.3) is 5.91 Å². The van der Waals surface area contributed by atoms with Crippen molar-refractivity contribution in [2.24, 2.45) is 0 Å². The van der Waals surface area contributed by atoms with E-state index >= 15 is 0 Å². The number of carbonyl (C=O) groups is 1. The lowest BCUT2D eigenvalue weighted by Gasteiger charge is -2.25. The van der Waals surface area contributed by atoms with E-state index in [-0.39, 0.29) is 17.6 Å². The minimum Gasteiger partial charge on any atom is -0.332 e. The van der Waals surface area contributed by atoms with Gasteiger partial charge in [0.1, 0.15) is 16.4 Å². The molecule has 4 nitrogen and oxygen atoms in total. The number of hydrogen-bond acceptors (Lipinski definition) is 2. The van der Waals surface area contributed by atoms with Crippen molar-refractivity contribution in [2.45, 2.75) is 25.1 Å². The quantitative estimate of drug-likeness (QED) is 0.172. The minimum atomic E-state index is -4.79. The maximum Gasteiger partial charge on any atom is 0.432 e. The molecule has 1 saturated heterocycles. The van der Waals surface area contributed by atoms with Crippen LogP contribution in [0, 0.1) is 5.41 Å². The molecule has 1 aliphatic heterocycles. The maximum atomic E-state index is 13.5. The molecule has 1 fully saturated rings. The third-order valence-corrected chi connectivity index (χ3v) is 7.55. The Bertz CT molecular complexity index is 1570. The van der Waals surface area contributed by atoms with Gasteiger partial charge < -0.3 is 4.90 Å². The van der Waals surface area contributed by atoms with Crippen molar-refractivity contribution in [3.8, 4) is 11.1 Å². The number of amides is 1. The van der Waals surface area contributed by atoms with Crippen LogP contribution in [0.15, 0.2) is 109 Å². The average molecular weight is 575 g/mol. The molecule has 5 rings (SSSR count). The van der Waals surface area contributed by atoms with Crippen LogP contribution < -0.4 is 5.32 Å². The zero-order chi connectivity index (χ0) is 29.0. The van der Waals surface area contributed by atoms with Crippen LogP contribution in [0.5, 0.6) is 0 Å². The normalized spacial score (nSPS) is 15.7. The molecule has 4 aromatic carbocycles. The van der Waals surface area contributed by atoms with Gasteiger partial charge in [-0.05, 0) is 59.9 Å². The Morgan fingerprint density at radius 2 is 1.46 bits per heavy atom. The Hall–Kier alpha value is -4.20. The van der Waals surface area contributed by atoms with Crippen LogP contribution >= 0.6 is 11.6 Å². The molecule has 1 aliphatic rings. The first-order chi connectivity index (χ1) is 19.7. The Morgan fingerprint density at radius 3 is 2.12 bits per heavy atom. The molecule has 3 N–H and O–H groups in total. The van der Waals surface area contributed by atoms with Gasteiger partial charge in [-0.3, -0.25) is 15.5 Å². The lowest BCUT2D eigenvalue weighted by molar-refractivity contribution is -0.469. The molecule has 0 saturated carbocycles. The second-order valence-electron chi connectivity index (χ2n) is 9.90. The van der Waals surface area contributed by atoms with Crippen molar-refractivity contribution in [1.82, 2.24) is 4.90 Å². The Morgan fingerprint density at radius 1 is 0.854 bits per heavy atom. The predicted octanol–water partition coefficient (Wildman–Crippen LogP) is 7.80. The number of likely N-dealkylation sites (tertiary alicyclic amines) is 1. The van der Waals surface area contributed by atoms with Gasteiger partial charge in [-0.2, -0.15) is 13.2 Å². The van der Waals surface area contributed by atoms with Crippen molar-refractivity contribution in [3.63, 3.8) is 0 Å². The molecule has 0 spiro atoms. The Balaban J connectivity index is 1.37. The van der Waals surface area contributed by atoms with E-state index < -0.39 is 11.9 Å². The van der Waals surface area contributed by atoms with Crippen LogP contribution in [0.25, 0.3) is 16.8 Å². The Kier molecular flexibility index (Phi) is 8.38. The van der Waals surface area contributed by atoms with E-state index in [0.29, 0.717) is 28.4 Å². The Labute approximate surface area is 241 Å². The summed E-state index contributed by atoms with van der Waals surface area (Å²) in [6.45, 7) is 0.625. The van der Waals surface area contributed by atoms with Gasteiger partial charge in [0.05, 0.1) is 6.04 Å². The minimum absolute atomic E-state index is 0.0525. The molecule has 1 unspecified atom stereocenters. The summed E-state index contributed by atoms with van der Waals surface area (Å²) >= 11 is 6.24. The zero-order valence-corrected chi connectivity index (χ0v) is 22.8. The van der Waals surface area contributed by atoms with Gasteiger partial charge in [-0.15, -0.1) is 0 Å². The van der Waals surface area contributed by atoms with Crippen LogP contribution in [-0.4, -0.2) is 29.2 Å². The summed E-state index contributed by atoms with van der Waals surface area (Å²) in [4.78, 5) is 15.4. The van der Waals surface area contributed by atoms with Gasteiger partial charge in [-0.25, -0.2) is 0 Å². The van der Waals surface area contributed by atoms with E-state index in [0.717, 1.165) is 35.6 Å². The molecule has 0 bridgehead atoms. The first-order valence-corrected chi connectivity index (χ1v) is 13.6. The van der Waals surface area contributed by atoms with Crippen molar-refractivity contribution in [1.29, 1.82) is 5.41 Å². The number of hydrogen-bond donors (Lipinski definition) is 2. The molecule has 41 heavy (non-hydrogen) atoms. The van der Waals surface area contributed by atoms with E-state index in [4.69, 9.17) is 17.0 Å². The molecule has 0 aromatic heterocycles. The summed E-state index contributed by atoms with van der Waals surface area (Å²) in [7, 11) is 0. The zero-order valence-electron chi connectivity index (χ0n) is 22.0. The summed E-state index contributed by atoms with van der Waals surface area (Å²) in [6, 6.07) is 31.6. The second-order valence-corrected chi connectivity index (χ2v) is 10.3. The summed E-state index contributed by atoms with van der Waals surface area (Å²) in [5, 5.41) is 9.40. The second kappa shape index (κ2) is 12.1. The fraction of sp³-hybridized carbons (Fsp3) is 0.152. The highest BCUT2D eigenvalue weighted by atomic mass is 35.5. The number of benzene rings is 4. The van der Waals surface area contributed by atoms with Gasteiger partial charge in [-0.1, -0.05) is 78.3 Å². The molecule has 8 heteroatoms. The smallest absolute Gasteiger partial charge is 0.332 e. The van der Waals surface area contributed by atoms with Crippen LogP contribution in [0.4, 0.5) is 18.9 Å². The number of rotatable bonds is 7. The first kappa shape index (κ1) is 28.3. The fourth-order valence-corrected chi connectivity index (χ4v) is 5.25. The molecular weight excluding hydrogens is 547 g/mol. The molecule has 1 amide bonds. The number of nitrogens with two attached hydrogens (primary N) is 1. The lowest BCUT2D eigenvalue weighted by Crippen LogP contribution is -2.74. The van der Waals surface area contributed by atoms with E-state index in [1.165, 1.54) is 5.32 Å². The van der Waals surface area contributed by atoms with Crippen molar-refractivity contribution >= 4 is 34.6 Å². The number of halogens is 4. The number of alkyl halides is 3. The monoisotopic (exact) mass is 574 g/mol. The summed E-state index contributed by atoms with van der Waals surface area (Å²) < 4.78 is 39.6. The number of carbonyl (C=O) groups excluding carboxylic acids is 1. The number of quaternary nitrogens is 1. The predicted molar refractivity (Wildman–Crippen MR) is 156 cm³/mol. The van der Waals surface area contributed by atoms with Crippen LogP contribution in [-0.2, 0) is 0 Å². The summed E-state index contributed by atoms with van der Waals surface area (Å²) in [6.07, 6.45) is -2.28. The maximum absolute atomic E-state index is 13.5. The van der Waals surface area contributed by atoms with Crippen LogP contribution in [0.2, 0.25) is 5.02 Å². The van der Waals surface area contributed by atoms with Gasteiger partial charge >= 0.3 is 6.18 Å². The third-order valence-electron chi connectivity index (χ3n) is 7.20. The van der Waals surface area contributed by atoms with Crippen LogP contribution in [0.1, 0.15) is 40.4 Å². The van der Waals surface area contributed by atoms with Crippen molar-refractivity contribution in [2.75, 3.05) is 6.54 Å². The molecule has 4 aromatic rings. The van der Waals surface area contributed by atoms with E-state index in [2.05, 4.69) is 36.4 Å². The SMILES string of the molecule is N=C(/C=C(\[NH2+]c1ccccc1Cl)c1ccc(C(=O)N2CCCC2c2ccc(-c3ccccc3)cc2)cc1)C(F)(F)F. The highest BCUT2D eigenvalue weighted by Crippen LogP contribution is 2.34. The van der Waals surface area contributed by atoms with Gasteiger partial charge in [0, 0.05) is 29.8 Å². The number of nitrogens with one attached hydrogen (secondary N) is 1. The third kappa shape index (κ3) is 6.59. The standard InChI is InChI=1S/C33H27ClF3N3O/c34-27-9-4-5-10-28(27)39-29(21-31(38)33(35,36)37)24-14-18-26(19-15-24)32(41)40-20-6-11-30(40)25-16-12-23(13-17-25)22-7-2-1-3-8-22/h1-5,7-10,12-19,21,30,38-39H,6,11,20H2/p+1/b29-21-,38-31?. The van der Waals surface area contributed by atoms with Gasteiger partial charge in [0.15, 0.2) is 5.69 Å². The molecular formula is C33H28ClF3N3O+. The summed E-state index contributed by atoms with van der Waals surface area (Å²) in [5.41, 5.74) is 3.40. The van der Waals surface area contributed by atoms with E-state index in [1.54, 1.807) is 48.5 Å². The topological polar surface area (TPSA) is 60.8 Å². The highest BCUT2D eigenvalue weighted by Gasteiger charge is 2.34. The first-order valence-electron chi connectivity index (χ1n) is 13.2. The van der Waals surface area contributed by atoms with Crippen molar-refractivity contribution < 1.29 is 23.3 Å². The van der Waals surface area contributed by atoms with Crippen LogP contribution in [0.3, 0.4) is 0 Å². The molecule has 1 heterocycles. The lowest BCUT2D eigenvalue weighted by atomic mass is 9.99. The largest absolute Gasteiger partial charge is 0.432 e. The average Bonchev–Trinajstić information content (AvgIpc) is 3.48. The van der Waals surface area contributed by atoms with Gasteiger partial charge in [0.2, 0.25) is 0 Å². The molecule has 0 radical (unpaired) electrons. The molecule has 0 aliphatic carbocycles. The summed E-state index contributed by atoms with van der Waals surface area (Å²) in [5.74, 6) is -0.130. The van der Waals surface area contributed by atoms with Crippen molar-refractivity contribution in [3.05, 3.63) is 131 Å². The van der Waals surface area contributed by atoms with E-state index in [9.17, 15) is 18.0 Å². The molecule has 1 atom stereocenters. The fourth-order valence-electron chi connectivity index (χ4n) is 5.06. The number of para-hydroxylation sites is 1.